The number of hydrogen-bond acceptors (Lipinski definition) is 4. The molecule has 3 nitrogen and oxygen atoms in total. The van der Waals surface area contributed by atoms with E-state index in [2.05, 4.69) is 0 Å². The summed E-state index contributed by atoms with van der Waals surface area (Å²) in [4.78, 5) is 28.2. The fourth-order valence-electron chi connectivity index (χ4n) is 2.17. The van der Waals surface area contributed by atoms with Crippen molar-refractivity contribution in [2.45, 2.75) is 25.7 Å². The molecule has 0 aromatic carbocycles. The van der Waals surface area contributed by atoms with Gasteiger partial charge >= 0.3 is 0 Å². The van der Waals surface area contributed by atoms with Crippen LogP contribution in [0.3, 0.4) is 0 Å². The fraction of sp³-hybridized carbons (Fsp3) is 0.429. The van der Waals surface area contributed by atoms with Crippen LogP contribution in [0, 0.1) is 6.92 Å². The highest BCUT2D eigenvalue weighted by Gasteiger charge is 2.32. The van der Waals surface area contributed by atoms with E-state index in [0.717, 1.165) is 4.88 Å². The first-order valence-corrected chi connectivity index (χ1v) is 6.80. The van der Waals surface area contributed by atoms with E-state index in [1.54, 1.807) is 22.4 Å². The molecule has 0 radical (unpaired) electrons. The van der Waals surface area contributed by atoms with Gasteiger partial charge < -0.3 is 4.90 Å². The van der Waals surface area contributed by atoms with Crippen molar-refractivity contribution in [1.29, 1.82) is 0 Å². The lowest BCUT2D eigenvalue weighted by Crippen LogP contribution is -2.26. The summed E-state index contributed by atoms with van der Waals surface area (Å²) in [6, 6.07) is 4.08. The predicted molar refractivity (Wildman–Crippen MR) is 72.8 cm³/mol. The van der Waals surface area contributed by atoms with Gasteiger partial charge in [-0.1, -0.05) is 0 Å². The summed E-state index contributed by atoms with van der Waals surface area (Å²) in [5, 5.41) is 0. The van der Waals surface area contributed by atoms with Gasteiger partial charge in [0.15, 0.2) is 11.6 Å². The maximum absolute atomic E-state index is 12.0. The molecule has 0 unspecified atom stereocenters. The van der Waals surface area contributed by atoms with Crippen molar-refractivity contribution in [3.63, 3.8) is 0 Å². The number of carbonyl (C=O) groups is 2. The monoisotopic (exact) mass is 263 g/mol. The van der Waals surface area contributed by atoms with E-state index < -0.39 is 0 Å². The Morgan fingerprint density at radius 2 is 1.83 bits per heavy atom. The highest BCUT2D eigenvalue weighted by atomic mass is 32.1. The Bertz CT molecular complexity index is 494. The average Bonchev–Trinajstić information content (AvgIpc) is 2.70. The second-order valence-corrected chi connectivity index (χ2v) is 6.23. The smallest absolute Gasteiger partial charge is 0.168 e. The standard InChI is InChI=1S/C14H17NO2S/c1-9-4-5-14(18-9)10-6-12(16)11(8-15(2)3)13(17)7-10/h4-5,8,10H,6-7H2,1-3H3. The first-order valence-electron chi connectivity index (χ1n) is 5.98. The molecule has 1 aliphatic carbocycles. The van der Waals surface area contributed by atoms with E-state index in [1.165, 1.54) is 4.88 Å². The van der Waals surface area contributed by atoms with Crippen LogP contribution in [0.1, 0.15) is 28.5 Å². The largest absolute Gasteiger partial charge is 0.383 e. The molecule has 0 spiro atoms. The average molecular weight is 263 g/mol. The molecular formula is C14H17NO2S. The van der Waals surface area contributed by atoms with Crippen LogP contribution in [-0.2, 0) is 9.59 Å². The summed E-state index contributed by atoms with van der Waals surface area (Å²) in [5.41, 5.74) is 0.351. The quantitative estimate of drug-likeness (QED) is 0.608. The predicted octanol–water partition coefficient (Wildman–Crippen LogP) is 2.52. The molecule has 0 bridgehead atoms. The molecule has 0 aliphatic heterocycles. The van der Waals surface area contributed by atoms with Crippen LogP contribution in [0.25, 0.3) is 0 Å². The topological polar surface area (TPSA) is 37.4 Å². The molecule has 1 saturated carbocycles. The minimum atomic E-state index is -0.0315. The van der Waals surface area contributed by atoms with Crippen molar-refractivity contribution in [3.8, 4) is 0 Å². The summed E-state index contributed by atoms with van der Waals surface area (Å²) in [5.74, 6) is 0.00928. The van der Waals surface area contributed by atoms with Gasteiger partial charge in [-0.15, -0.1) is 11.3 Å². The number of nitrogens with zero attached hydrogens (tertiary/aromatic N) is 1. The van der Waals surface area contributed by atoms with Gasteiger partial charge in [-0.3, -0.25) is 9.59 Å². The Morgan fingerprint density at radius 1 is 1.22 bits per heavy atom. The van der Waals surface area contributed by atoms with Crippen LogP contribution in [0.5, 0.6) is 0 Å². The van der Waals surface area contributed by atoms with Crippen molar-refractivity contribution < 1.29 is 9.59 Å². The van der Waals surface area contributed by atoms with Crippen LogP contribution in [0.2, 0.25) is 0 Å². The SMILES string of the molecule is Cc1ccc(C2CC(=O)C(=CN(C)C)C(=O)C2)s1. The molecule has 1 aromatic rings. The Kier molecular flexibility index (Phi) is 3.66. The molecule has 1 heterocycles. The van der Waals surface area contributed by atoms with E-state index >= 15 is 0 Å². The molecule has 0 N–H and O–H groups in total. The number of thiophene rings is 1. The summed E-state index contributed by atoms with van der Waals surface area (Å²) < 4.78 is 0. The molecule has 0 atom stereocenters. The third kappa shape index (κ3) is 2.70. The highest BCUT2D eigenvalue weighted by molar-refractivity contribution is 7.12. The number of carbonyl (C=O) groups excluding carboxylic acids is 2. The van der Waals surface area contributed by atoms with Gasteiger partial charge in [0, 0.05) is 48.8 Å². The first kappa shape index (κ1) is 13.0. The van der Waals surface area contributed by atoms with Crippen molar-refractivity contribution in [3.05, 3.63) is 33.7 Å². The summed E-state index contributed by atoms with van der Waals surface area (Å²) in [6.07, 6.45) is 2.54. The van der Waals surface area contributed by atoms with E-state index in [0.29, 0.717) is 18.4 Å². The van der Waals surface area contributed by atoms with Crippen molar-refractivity contribution in [2.24, 2.45) is 0 Å². The Balaban J connectivity index is 2.20. The third-order valence-electron chi connectivity index (χ3n) is 3.02. The minimum absolute atomic E-state index is 0.0315. The zero-order valence-electron chi connectivity index (χ0n) is 10.9. The summed E-state index contributed by atoms with van der Waals surface area (Å²) in [6.45, 7) is 2.04. The lowest BCUT2D eigenvalue weighted by Gasteiger charge is -2.21. The minimum Gasteiger partial charge on any atom is -0.383 e. The molecule has 0 amide bonds. The molecule has 1 fully saturated rings. The number of Topliss-reactive ketones (excluding diaryl/α,β-unsaturated/α-hetero) is 2. The highest BCUT2D eigenvalue weighted by Crippen LogP contribution is 2.35. The molecule has 4 heteroatoms. The molecule has 1 aliphatic rings. The van der Waals surface area contributed by atoms with E-state index in [-0.39, 0.29) is 17.5 Å². The lowest BCUT2D eigenvalue weighted by molar-refractivity contribution is -0.124. The van der Waals surface area contributed by atoms with Gasteiger partial charge in [0.05, 0.1) is 5.57 Å². The molecule has 96 valence electrons. The van der Waals surface area contributed by atoms with Crippen LogP contribution < -0.4 is 0 Å². The van der Waals surface area contributed by atoms with Gasteiger partial charge in [0.2, 0.25) is 0 Å². The van der Waals surface area contributed by atoms with Gasteiger partial charge in [-0.05, 0) is 19.1 Å². The number of ketones is 2. The van der Waals surface area contributed by atoms with Crippen molar-refractivity contribution >= 4 is 22.9 Å². The Morgan fingerprint density at radius 3 is 2.28 bits per heavy atom. The van der Waals surface area contributed by atoms with E-state index in [1.807, 2.05) is 33.2 Å². The van der Waals surface area contributed by atoms with Crippen LogP contribution in [0.4, 0.5) is 0 Å². The molecule has 0 saturated heterocycles. The normalized spacial score (nSPS) is 20.2. The van der Waals surface area contributed by atoms with Crippen LogP contribution >= 0.6 is 11.3 Å². The third-order valence-corrected chi connectivity index (χ3v) is 4.18. The summed E-state index contributed by atoms with van der Waals surface area (Å²) >= 11 is 1.68. The van der Waals surface area contributed by atoms with E-state index in [9.17, 15) is 9.59 Å². The van der Waals surface area contributed by atoms with Crippen LogP contribution in [-0.4, -0.2) is 30.6 Å². The molecule has 18 heavy (non-hydrogen) atoms. The Labute approximate surface area is 111 Å². The second kappa shape index (κ2) is 5.06. The van der Waals surface area contributed by atoms with Crippen molar-refractivity contribution in [2.75, 3.05) is 14.1 Å². The zero-order valence-corrected chi connectivity index (χ0v) is 11.7. The van der Waals surface area contributed by atoms with Gasteiger partial charge in [-0.2, -0.15) is 0 Å². The Hall–Kier alpha value is -1.42. The fourth-order valence-corrected chi connectivity index (χ4v) is 3.15. The maximum Gasteiger partial charge on any atom is 0.168 e. The summed E-state index contributed by atoms with van der Waals surface area (Å²) in [7, 11) is 3.64. The number of hydrogen-bond donors (Lipinski definition) is 0. The number of aryl methyl sites for hydroxylation is 1. The lowest BCUT2D eigenvalue weighted by atomic mass is 9.83. The van der Waals surface area contributed by atoms with Gasteiger partial charge in [-0.25, -0.2) is 0 Å². The zero-order chi connectivity index (χ0) is 13.3. The van der Waals surface area contributed by atoms with E-state index in [4.69, 9.17) is 0 Å². The van der Waals surface area contributed by atoms with Crippen LogP contribution in [0.15, 0.2) is 23.9 Å². The van der Waals surface area contributed by atoms with Gasteiger partial charge in [0.1, 0.15) is 0 Å². The number of rotatable bonds is 2. The maximum atomic E-state index is 12.0. The van der Waals surface area contributed by atoms with Gasteiger partial charge in [0.25, 0.3) is 0 Å². The molecule has 1 aromatic heterocycles. The molecule has 2 rings (SSSR count). The molecular weight excluding hydrogens is 246 g/mol. The second-order valence-electron chi connectivity index (χ2n) is 4.91. The van der Waals surface area contributed by atoms with Crippen molar-refractivity contribution in [1.82, 2.24) is 4.90 Å². The number of allylic oxidation sites excluding steroid dienone is 1. The first-order chi connectivity index (χ1) is 8.47.